The van der Waals surface area contributed by atoms with Crippen molar-refractivity contribution in [3.63, 3.8) is 0 Å². The molecule has 0 fully saturated rings. The molecule has 0 aliphatic carbocycles. The first-order chi connectivity index (χ1) is 13.7. The number of rotatable bonds is 7. The molecule has 0 unspecified atom stereocenters. The van der Waals surface area contributed by atoms with E-state index < -0.39 is 0 Å². The highest BCUT2D eigenvalue weighted by Crippen LogP contribution is 2.33. The first kappa shape index (κ1) is 19.2. The monoisotopic (exact) mass is 374 g/mol. The number of oxime groups is 1. The Hall–Kier alpha value is -3.60. The van der Waals surface area contributed by atoms with Crippen LogP contribution in [0.5, 0.6) is 5.75 Å². The Kier molecular flexibility index (Phi) is 6.41. The summed E-state index contributed by atoms with van der Waals surface area (Å²) in [6, 6.07) is 25.3. The molecule has 1 N–H and O–H groups in total. The number of hydrogen-bond donors (Lipinski definition) is 1. The highest BCUT2D eigenvalue weighted by atomic mass is 16.6. The first-order valence-corrected chi connectivity index (χ1v) is 8.93. The van der Waals surface area contributed by atoms with Crippen molar-refractivity contribution in [3.8, 4) is 16.9 Å². The van der Waals surface area contributed by atoms with Crippen molar-refractivity contribution in [3.05, 3.63) is 90.0 Å². The van der Waals surface area contributed by atoms with Gasteiger partial charge in [0.2, 0.25) is 0 Å². The molecule has 0 aromatic heterocycles. The molecule has 0 saturated heterocycles. The fourth-order valence-corrected chi connectivity index (χ4v) is 2.90. The van der Waals surface area contributed by atoms with E-state index in [1.807, 2.05) is 78.9 Å². The first-order valence-electron chi connectivity index (χ1n) is 8.93. The third kappa shape index (κ3) is 4.38. The molecule has 0 spiro atoms. The Morgan fingerprint density at radius 2 is 1.54 bits per heavy atom. The number of benzene rings is 3. The molecular weight excluding hydrogens is 352 g/mol. The maximum atomic E-state index is 12.3. The van der Waals surface area contributed by atoms with Crippen LogP contribution in [-0.4, -0.2) is 25.8 Å². The van der Waals surface area contributed by atoms with Gasteiger partial charge < -0.3 is 14.9 Å². The molecule has 3 rings (SSSR count). The van der Waals surface area contributed by atoms with E-state index in [0.29, 0.717) is 12.2 Å². The van der Waals surface area contributed by atoms with E-state index in [4.69, 9.17) is 9.57 Å². The third-order valence-electron chi connectivity index (χ3n) is 4.22. The Balaban J connectivity index is 2.01. The maximum Gasteiger partial charge on any atom is 0.273 e. The number of nitrogens with zero attached hydrogens (tertiary/aromatic N) is 1. The van der Waals surface area contributed by atoms with Gasteiger partial charge in [-0.05, 0) is 17.2 Å². The molecule has 0 bridgehead atoms. The summed E-state index contributed by atoms with van der Waals surface area (Å²) in [4.78, 5) is 17.2. The van der Waals surface area contributed by atoms with Crippen LogP contribution in [0.1, 0.15) is 11.1 Å². The van der Waals surface area contributed by atoms with Crippen LogP contribution in [0, 0.1) is 0 Å². The summed E-state index contributed by atoms with van der Waals surface area (Å²) in [5.74, 6) is 0.407. The predicted octanol–water partition coefficient (Wildman–Crippen LogP) is 4.03. The van der Waals surface area contributed by atoms with Crippen LogP contribution in [0.2, 0.25) is 0 Å². The number of amides is 1. The quantitative estimate of drug-likeness (QED) is 0.502. The van der Waals surface area contributed by atoms with Crippen LogP contribution in [0.3, 0.4) is 0 Å². The summed E-state index contributed by atoms with van der Waals surface area (Å²) in [6.07, 6.45) is 0. The molecule has 0 atom stereocenters. The fraction of sp³-hybridized carbons (Fsp3) is 0.130. The van der Waals surface area contributed by atoms with Gasteiger partial charge in [-0.3, -0.25) is 4.79 Å². The number of likely N-dealkylation sites (N-methyl/N-ethyl adjacent to an activating group) is 1. The Bertz CT molecular complexity index is 968. The predicted molar refractivity (Wildman–Crippen MR) is 110 cm³/mol. The number of para-hydroxylation sites is 1. The Morgan fingerprint density at radius 1 is 0.893 bits per heavy atom. The van der Waals surface area contributed by atoms with Crippen molar-refractivity contribution in [2.75, 3.05) is 14.2 Å². The standard InChI is InChI=1S/C23H22N2O3/c1-24-23(26)22(25-27-2)20-14-7-6-12-18(20)19-13-8-9-15-21(19)28-16-17-10-4-3-5-11-17/h3-15H,16H2,1-2H3,(H,24,26). The SMILES string of the molecule is CNC(=O)C(=NOC)c1ccccc1-c1ccccc1OCc1ccccc1. The van der Waals surface area contributed by atoms with Crippen molar-refractivity contribution in [2.45, 2.75) is 6.61 Å². The van der Waals surface area contributed by atoms with E-state index in [1.54, 1.807) is 7.05 Å². The lowest BCUT2D eigenvalue weighted by molar-refractivity contribution is -0.114. The molecule has 5 nitrogen and oxygen atoms in total. The highest BCUT2D eigenvalue weighted by molar-refractivity contribution is 6.46. The summed E-state index contributed by atoms with van der Waals surface area (Å²) in [6.45, 7) is 0.453. The normalized spacial score (nSPS) is 11.0. The minimum Gasteiger partial charge on any atom is -0.488 e. The summed E-state index contributed by atoms with van der Waals surface area (Å²) in [5, 5.41) is 6.55. The van der Waals surface area contributed by atoms with Crippen molar-refractivity contribution in [1.29, 1.82) is 0 Å². The van der Waals surface area contributed by atoms with Crippen LogP contribution < -0.4 is 10.1 Å². The van der Waals surface area contributed by atoms with E-state index in [1.165, 1.54) is 7.11 Å². The third-order valence-corrected chi connectivity index (χ3v) is 4.22. The van der Waals surface area contributed by atoms with Crippen LogP contribution in [0.4, 0.5) is 0 Å². The van der Waals surface area contributed by atoms with Crippen LogP contribution in [-0.2, 0) is 16.2 Å². The molecule has 3 aromatic rings. The number of carbonyl (C=O) groups excluding carboxylic acids is 1. The van der Waals surface area contributed by atoms with E-state index in [2.05, 4.69) is 10.5 Å². The zero-order valence-corrected chi connectivity index (χ0v) is 15.9. The van der Waals surface area contributed by atoms with Gasteiger partial charge >= 0.3 is 0 Å². The second-order valence-electron chi connectivity index (χ2n) is 6.02. The maximum absolute atomic E-state index is 12.3. The summed E-state index contributed by atoms with van der Waals surface area (Å²) >= 11 is 0. The second-order valence-corrected chi connectivity index (χ2v) is 6.02. The molecule has 0 saturated carbocycles. The van der Waals surface area contributed by atoms with Gasteiger partial charge in [-0.1, -0.05) is 78.0 Å². The molecule has 0 aliphatic rings. The molecule has 1 amide bonds. The van der Waals surface area contributed by atoms with Crippen molar-refractivity contribution < 1.29 is 14.4 Å². The molecule has 0 radical (unpaired) electrons. The molecule has 142 valence electrons. The number of carbonyl (C=O) groups is 1. The zero-order valence-electron chi connectivity index (χ0n) is 15.9. The molecular formula is C23H22N2O3. The molecule has 0 heterocycles. The number of hydrogen-bond acceptors (Lipinski definition) is 4. The lowest BCUT2D eigenvalue weighted by Crippen LogP contribution is -2.29. The van der Waals surface area contributed by atoms with Crippen LogP contribution in [0.15, 0.2) is 84.0 Å². The minimum absolute atomic E-state index is 0.207. The van der Waals surface area contributed by atoms with Crippen LogP contribution in [0.25, 0.3) is 11.1 Å². The molecule has 28 heavy (non-hydrogen) atoms. The fourth-order valence-electron chi connectivity index (χ4n) is 2.90. The van der Waals surface area contributed by atoms with Gasteiger partial charge in [0.05, 0.1) is 0 Å². The zero-order chi connectivity index (χ0) is 19.8. The summed E-state index contributed by atoms with van der Waals surface area (Å²) in [5.41, 5.74) is 3.67. The average molecular weight is 374 g/mol. The van der Waals surface area contributed by atoms with Crippen molar-refractivity contribution >= 4 is 11.6 Å². The summed E-state index contributed by atoms with van der Waals surface area (Å²) < 4.78 is 6.09. The topological polar surface area (TPSA) is 59.9 Å². The van der Waals surface area contributed by atoms with E-state index >= 15 is 0 Å². The van der Waals surface area contributed by atoms with Gasteiger partial charge in [0.1, 0.15) is 19.5 Å². The van der Waals surface area contributed by atoms with E-state index in [0.717, 1.165) is 22.4 Å². The van der Waals surface area contributed by atoms with Gasteiger partial charge in [-0.25, -0.2) is 0 Å². The average Bonchev–Trinajstić information content (AvgIpc) is 2.76. The number of nitrogens with one attached hydrogen (secondary N) is 1. The minimum atomic E-state index is -0.322. The largest absolute Gasteiger partial charge is 0.488 e. The lowest BCUT2D eigenvalue weighted by atomic mass is 9.95. The van der Waals surface area contributed by atoms with Crippen molar-refractivity contribution in [2.24, 2.45) is 5.16 Å². The Morgan fingerprint density at radius 3 is 2.25 bits per heavy atom. The summed E-state index contributed by atoms with van der Waals surface area (Å²) in [7, 11) is 2.98. The van der Waals surface area contributed by atoms with Gasteiger partial charge in [-0.2, -0.15) is 0 Å². The van der Waals surface area contributed by atoms with Gasteiger partial charge in [0.15, 0.2) is 5.71 Å². The smallest absolute Gasteiger partial charge is 0.273 e. The lowest BCUT2D eigenvalue weighted by Gasteiger charge is -2.15. The van der Waals surface area contributed by atoms with E-state index in [-0.39, 0.29) is 11.6 Å². The van der Waals surface area contributed by atoms with Gasteiger partial charge in [0.25, 0.3) is 5.91 Å². The van der Waals surface area contributed by atoms with Gasteiger partial charge in [-0.15, -0.1) is 0 Å². The molecule has 5 heteroatoms. The second kappa shape index (κ2) is 9.37. The highest BCUT2D eigenvalue weighted by Gasteiger charge is 2.19. The Labute approximate surface area is 164 Å². The number of ether oxygens (including phenoxy) is 1. The van der Waals surface area contributed by atoms with E-state index in [9.17, 15) is 4.79 Å². The molecule has 0 aliphatic heterocycles. The van der Waals surface area contributed by atoms with Crippen molar-refractivity contribution in [1.82, 2.24) is 5.32 Å². The van der Waals surface area contributed by atoms with Crippen LogP contribution >= 0.6 is 0 Å². The van der Waals surface area contributed by atoms with Gasteiger partial charge in [0, 0.05) is 18.2 Å². The molecule has 3 aromatic carbocycles.